The summed E-state index contributed by atoms with van der Waals surface area (Å²) < 4.78 is 68.9. The van der Waals surface area contributed by atoms with E-state index in [-0.39, 0.29) is 17.6 Å². The maximum atomic E-state index is 12.9. The first-order valence-electron chi connectivity index (χ1n) is 12.6. The molecular formula is C28H29F6N5O6. The average Bonchev–Trinajstić information content (AvgIpc) is 3.33. The summed E-state index contributed by atoms with van der Waals surface area (Å²) >= 11 is 0. The number of aliphatic carboxylic acids is 2. The fourth-order valence-corrected chi connectivity index (χ4v) is 3.39. The fourth-order valence-electron chi connectivity index (χ4n) is 3.39. The van der Waals surface area contributed by atoms with Crippen molar-refractivity contribution in [1.82, 2.24) is 4.98 Å². The molecule has 11 nitrogen and oxygen atoms in total. The largest absolute Gasteiger partial charge is 0.490 e. The number of rotatable bonds is 9. The third-order valence-electron chi connectivity index (χ3n) is 5.45. The van der Waals surface area contributed by atoms with E-state index >= 15 is 0 Å². The number of nitrogens with two attached hydrogens (primary N) is 2. The number of carbonyl (C=O) groups is 3. The highest BCUT2D eigenvalue weighted by atomic mass is 19.4. The van der Waals surface area contributed by atoms with E-state index in [1.807, 2.05) is 43.5 Å². The van der Waals surface area contributed by atoms with E-state index in [2.05, 4.69) is 4.98 Å². The van der Waals surface area contributed by atoms with Crippen LogP contribution in [0.1, 0.15) is 57.2 Å². The van der Waals surface area contributed by atoms with Crippen molar-refractivity contribution in [1.29, 1.82) is 10.8 Å². The molecule has 3 aromatic rings. The van der Waals surface area contributed by atoms with Gasteiger partial charge < -0.3 is 31.4 Å². The van der Waals surface area contributed by atoms with Crippen molar-refractivity contribution < 1.29 is 55.7 Å². The quantitative estimate of drug-likeness (QED) is 0.0753. The van der Waals surface area contributed by atoms with Crippen LogP contribution in [0.15, 0.2) is 54.7 Å². The molecule has 0 bridgehead atoms. The van der Waals surface area contributed by atoms with Crippen molar-refractivity contribution >= 4 is 29.6 Å². The lowest BCUT2D eigenvalue weighted by Gasteiger charge is -2.09. The topological polar surface area (TPSA) is 216 Å². The molecule has 244 valence electrons. The summed E-state index contributed by atoms with van der Waals surface area (Å²) in [6, 6.07) is 14.8. The predicted octanol–water partition coefficient (Wildman–Crippen LogP) is 4.60. The zero-order chi connectivity index (χ0) is 34.5. The van der Waals surface area contributed by atoms with E-state index in [0.717, 1.165) is 28.8 Å². The van der Waals surface area contributed by atoms with Gasteiger partial charge in [0.2, 0.25) is 0 Å². The third kappa shape index (κ3) is 12.8. The molecule has 45 heavy (non-hydrogen) atoms. The Balaban J connectivity index is 0.000000601. The van der Waals surface area contributed by atoms with Crippen molar-refractivity contribution in [3.63, 3.8) is 0 Å². The highest BCUT2D eigenvalue weighted by molar-refractivity contribution is 5.96. The lowest BCUT2D eigenvalue weighted by Crippen LogP contribution is -2.21. The highest BCUT2D eigenvalue weighted by Gasteiger charge is 2.38. The summed E-state index contributed by atoms with van der Waals surface area (Å²) in [6.45, 7) is 2.31. The van der Waals surface area contributed by atoms with Crippen LogP contribution in [0, 0.1) is 10.8 Å². The number of hydrogen-bond acceptors (Lipinski definition) is 6. The van der Waals surface area contributed by atoms with Gasteiger partial charge in [0.15, 0.2) is 0 Å². The standard InChI is InChI=1S/C24H27N5O2.2C2HF3O2/c1-2-10-31-24(30)21-19(11-15-6-8-17(9-7-15)22(25)26)14-29-20(21)13-16-4-3-5-18(12-16)23(27)28;2*3-2(4,5)1(6)7/h3-9,12,14,29H,2,10-11,13H2,1H3,(H3,25,26)(H3,27,28);2*(H,6,7). The van der Waals surface area contributed by atoms with Gasteiger partial charge in [0, 0.05) is 29.4 Å². The number of amidine groups is 2. The van der Waals surface area contributed by atoms with E-state index in [9.17, 15) is 31.1 Å². The van der Waals surface area contributed by atoms with Crippen molar-refractivity contribution in [3.8, 4) is 0 Å². The molecule has 0 unspecified atom stereocenters. The van der Waals surface area contributed by atoms with Crippen LogP contribution in [-0.2, 0) is 27.2 Å². The number of halogens is 6. The molecule has 0 aliphatic heterocycles. The highest BCUT2D eigenvalue weighted by Crippen LogP contribution is 2.23. The lowest BCUT2D eigenvalue weighted by molar-refractivity contribution is -0.193. The SMILES string of the molecule is CCCOC(=O)c1c(Cc2ccc(C(=N)N)cc2)c[nH]c1Cc1cccc(C(=N)N)c1.O=C(O)C(F)(F)F.O=C(O)C(F)(F)F. The molecule has 1 aromatic heterocycles. The van der Waals surface area contributed by atoms with Gasteiger partial charge in [-0.3, -0.25) is 10.8 Å². The molecule has 0 radical (unpaired) electrons. The number of benzene rings is 2. The zero-order valence-electron chi connectivity index (χ0n) is 23.5. The van der Waals surface area contributed by atoms with Gasteiger partial charge in [-0.05, 0) is 35.6 Å². The molecule has 0 atom stereocenters. The van der Waals surface area contributed by atoms with Crippen molar-refractivity contribution in [2.45, 2.75) is 38.5 Å². The molecule has 2 aromatic carbocycles. The average molecular weight is 646 g/mol. The number of carboxylic acids is 2. The van der Waals surface area contributed by atoms with Crippen LogP contribution in [-0.4, -0.2) is 63.7 Å². The first-order chi connectivity index (χ1) is 20.8. The van der Waals surface area contributed by atoms with Crippen molar-refractivity contribution in [3.05, 3.63) is 93.8 Å². The van der Waals surface area contributed by atoms with Crippen LogP contribution in [0.2, 0.25) is 0 Å². The minimum atomic E-state index is -5.08. The van der Waals surface area contributed by atoms with Crippen LogP contribution < -0.4 is 11.5 Å². The molecular weight excluding hydrogens is 616 g/mol. The second-order valence-corrected chi connectivity index (χ2v) is 8.99. The fraction of sp³-hybridized carbons (Fsp3) is 0.250. The van der Waals surface area contributed by atoms with Gasteiger partial charge in [0.05, 0.1) is 12.2 Å². The van der Waals surface area contributed by atoms with Gasteiger partial charge in [-0.15, -0.1) is 0 Å². The van der Waals surface area contributed by atoms with Crippen LogP contribution in [0.25, 0.3) is 0 Å². The number of H-pyrrole nitrogens is 1. The maximum absolute atomic E-state index is 12.9. The number of alkyl halides is 6. The molecule has 0 aliphatic rings. The van der Waals surface area contributed by atoms with Crippen LogP contribution in [0.5, 0.6) is 0 Å². The van der Waals surface area contributed by atoms with Gasteiger partial charge in [0.1, 0.15) is 11.7 Å². The van der Waals surface area contributed by atoms with E-state index in [1.54, 1.807) is 18.2 Å². The molecule has 17 heteroatoms. The minimum absolute atomic E-state index is 0.00520. The van der Waals surface area contributed by atoms with E-state index in [0.29, 0.717) is 36.1 Å². The number of carboxylic acid groups (broad SMARTS) is 2. The molecule has 3 rings (SSSR count). The zero-order valence-corrected chi connectivity index (χ0v) is 23.5. The number of esters is 1. The van der Waals surface area contributed by atoms with Crippen LogP contribution in [0.3, 0.4) is 0 Å². The van der Waals surface area contributed by atoms with Gasteiger partial charge >= 0.3 is 30.3 Å². The molecule has 0 aliphatic carbocycles. The third-order valence-corrected chi connectivity index (χ3v) is 5.45. The Morgan fingerprint density at radius 1 is 0.822 bits per heavy atom. The molecule has 9 N–H and O–H groups in total. The van der Waals surface area contributed by atoms with Crippen LogP contribution >= 0.6 is 0 Å². The normalized spacial score (nSPS) is 10.8. The van der Waals surface area contributed by atoms with Gasteiger partial charge in [-0.1, -0.05) is 49.4 Å². The van der Waals surface area contributed by atoms with Gasteiger partial charge in [0.25, 0.3) is 0 Å². The lowest BCUT2D eigenvalue weighted by atomic mass is 9.98. The Kier molecular flexibility index (Phi) is 13.8. The minimum Gasteiger partial charge on any atom is -0.475 e. The van der Waals surface area contributed by atoms with E-state index < -0.39 is 24.3 Å². The smallest absolute Gasteiger partial charge is 0.475 e. The van der Waals surface area contributed by atoms with Crippen molar-refractivity contribution in [2.24, 2.45) is 11.5 Å². The predicted molar refractivity (Wildman–Crippen MR) is 149 cm³/mol. The van der Waals surface area contributed by atoms with E-state index in [4.69, 9.17) is 46.8 Å². The number of nitrogen functional groups attached to an aromatic ring is 2. The molecule has 0 amide bonds. The summed E-state index contributed by atoms with van der Waals surface area (Å²) in [5.41, 5.74) is 16.5. The Bertz CT molecular complexity index is 1480. The molecule has 0 saturated carbocycles. The Hall–Kier alpha value is -5.35. The monoisotopic (exact) mass is 645 g/mol. The second kappa shape index (κ2) is 16.5. The van der Waals surface area contributed by atoms with Crippen molar-refractivity contribution in [2.75, 3.05) is 6.61 Å². The number of aromatic amines is 1. The maximum Gasteiger partial charge on any atom is 0.490 e. The number of aromatic nitrogens is 1. The Morgan fingerprint density at radius 3 is 1.78 bits per heavy atom. The second-order valence-electron chi connectivity index (χ2n) is 8.99. The molecule has 1 heterocycles. The van der Waals surface area contributed by atoms with Crippen LogP contribution in [0.4, 0.5) is 26.3 Å². The number of ether oxygens (including phenoxy) is 1. The first-order valence-corrected chi connectivity index (χ1v) is 12.6. The van der Waals surface area contributed by atoms with Gasteiger partial charge in [-0.25, -0.2) is 14.4 Å². The van der Waals surface area contributed by atoms with E-state index in [1.165, 1.54) is 0 Å². The summed E-state index contributed by atoms with van der Waals surface area (Å²) in [5.74, 6) is -5.84. The summed E-state index contributed by atoms with van der Waals surface area (Å²) in [5, 5.41) is 29.4. The molecule has 0 saturated heterocycles. The number of carbonyl (C=O) groups excluding carboxylic acids is 1. The molecule has 0 spiro atoms. The molecule has 0 fully saturated rings. The number of hydrogen-bond donors (Lipinski definition) is 7. The Labute approximate surface area is 251 Å². The summed E-state index contributed by atoms with van der Waals surface area (Å²) in [4.78, 5) is 33.9. The summed E-state index contributed by atoms with van der Waals surface area (Å²) in [7, 11) is 0. The Morgan fingerprint density at radius 2 is 1.33 bits per heavy atom. The van der Waals surface area contributed by atoms with Gasteiger partial charge in [-0.2, -0.15) is 26.3 Å². The number of nitrogens with one attached hydrogen (secondary N) is 3. The summed E-state index contributed by atoms with van der Waals surface area (Å²) in [6.07, 6.45) is -6.56. The first kappa shape index (κ1) is 37.7.